The molecule has 1 aliphatic heterocycles. The van der Waals surface area contributed by atoms with Gasteiger partial charge in [0.1, 0.15) is 0 Å². The molecule has 0 spiro atoms. The van der Waals surface area contributed by atoms with Gasteiger partial charge in [0, 0.05) is 44.1 Å². The van der Waals surface area contributed by atoms with Crippen LogP contribution in [0.3, 0.4) is 0 Å². The average Bonchev–Trinajstić information content (AvgIpc) is 3.06. The summed E-state index contributed by atoms with van der Waals surface area (Å²) in [4.78, 5) is 19.9. The number of pyridine rings is 1. The van der Waals surface area contributed by atoms with Gasteiger partial charge < -0.3 is 16.0 Å². The Morgan fingerprint density at radius 1 is 1.10 bits per heavy atom. The van der Waals surface area contributed by atoms with E-state index in [4.69, 9.17) is 5.73 Å². The first kappa shape index (κ1) is 21.1. The van der Waals surface area contributed by atoms with E-state index < -0.39 is 0 Å². The van der Waals surface area contributed by atoms with Crippen LogP contribution in [-0.2, 0) is 7.05 Å². The first-order valence-electron chi connectivity index (χ1n) is 10.7. The van der Waals surface area contributed by atoms with Gasteiger partial charge in [-0.3, -0.25) is 14.5 Å². The summed E-state index contributed by atoms with van der Waals surface area (Å²) in [6.45, 7) is 7.72. The predicted octanol–water partition coefficient (Wildman–Crippen LogP) is 3.59. The smallest absolute Gasteiger partial charge is 0.259 e. The van der Waals surface area contributed by atoms with Crippen molar-refractivity contribution < 1.29 is 4.79 Å². The summed E-state index contributed by atoms with van der Waals surface area (Å²) >= 11 is 0. The number of rotatable bonds is 4. The number of nitrogens with one attached hydrogen (secondary N) is 1. The molecule has 1 saturated heterocycles. The van der Waals surface area contributed by atoms with E-state index in [0.717, 1.165) is 42.7 Å². The molecule has 1 aromatic carbocycles. The fourth-order valence-electron chi connectivity index (χ4n) is 4.36. The summed E-state index contributed by atoms with van der Waals surface area (Å²) in [5.41, 5.74) is 13.6. The van der Waals surface area contributed by atoms with Crippen LogP contribution in [0.4, 0.5) is 11.4 Å². The highest BCUT2D eigenvalue weighted by atomic mass is 16.1. The van der Waals surface area contributed by atoms with Crippen molar-refractivity contribution in [2.45, 2.75) is 39.7 Å². The van der Waals surface area contributed by atoms with Gasteiger partial charge in [0.15, 0.2) is 0 Å². The number of hydrogen-bond acceptors (Lipinski definition) is 5. The molecule has 0 atom stereocenters. The summed E-state index contributed by atoms with van der Waals surface area (Å²) < 4.78 is 1.65. The van der Waals surface area contributed by atoms with Crippen LogP contribution in [-0.4, -0.2) is 39.8 Å². The first-order chi connectivity index (χ1) is 14.8. The standard InChI is InChI=1S/C24H30N6O/c1-15-9-16(2)11-18(10-15)20-12-26-13-22(23(20)30-7-5-19(25)6-8-30)27-24(31)21-14-29(4)28-17(21)3/h9-14,19H,5-8,25H2,1-4H3,(H,27,31). The van der Waals surface area contributed by atoms with Crippen LogP contribution in [0.2, 0.25) is 0 Å². The number of amides is 1. The second-order valence-corrected chi connectivity index (χ2v) is 8.54. The van der Waals surface area contributed by atoms with Crippen LogP contribution in [0.1, 0.15) is 40.0 Å². The zero-order valence-electron chi connectivity index (χ0n) is 18.6. The maximum Gasteiger partial charge on any atom is 0.259 e. The number of piperidine rings is 1. The SMILES string of the molecule is Cc1cc(C)cc(-c2cncc(NC(=O)c3cn(C)nc3C)c2N2CCC(N)CC2)c1. The van der Waals surface area contributed by atoms with Crippen molar-refractivity contribution in [1.29, 1.82) is 0 Å². The van der Waals surface area contributed by atoms with E-state index in [0.29, 0.717) is 16.9 Å². The van der Waals surface area contributed by atoms with Crippen molar-refractivity contribution in [3.63, 3.8) is 0 Å². The summed E-state index contributed by atoms with van der Waals surface area (Å²) in [6, 6.07) is 6.71. The van der Waals surface area contributed by atoms with E-state index >= 15 is 0 Å². The average molecular weight is 419 g/mol. The van der Waals surface area contributed by atoms with Gasteiger partial charge in [0.2, 0.25) is 0 Å². The lowest BCUT2D eigenvalue weighted by molar-refractivity contribution is 0.102. The van der Waals surface area contributed by atoms with Crippen molar-refractivity contribution in [3.05, 3.63) is 59.2 Å². The highest BCUT2D eigenvalue weighted by molar-refractivity contribution is 6.07. The van der Waals surface area contributed by atoms with E-state index in [1.165, 1.54) is 11.1 Å². The number of benzene rings is 1. The highest BCUT2D eigenvalue weighted by Gasteiger charge is 2.24. The van der Waals surface area contributed by atoms with Crippen molar-refractivity contribution in [3.8, 4) is 11.1 Å². The molecule has 162 valence electrons. The van der Waals surface area contributed by atoms with Gasteiger partial charge in [-0.1, -0.05) is 29.3 Å². The summed E-state index contributed by atoms with van der Waals surface area (Å²) in [6.07, 6.45) is 7.21. The van der Waals surface area contributed by atoms with Crippen molar-refractivity contribution in [1.82, 2.24) is 14.8 Å². The molecule has 1 fully saturated rings. The Balaban J connectivity index is 1.79. The third-order valence-electron chi connectivity index (χ3n) is 5.81. The molecule has 0 aliphatic carbocycles. The molecule has 3 N–H and O–H groups in total. The summed E-state index contributed by atoms with van der Waals surface area (Å²) in [7, 11) is 1.81. The van der Waals surface area contributed by atoms with Gasteiger partial charge in [0.05, 0.1) is 28.8 Å². The highest BCUT2D eigenvalue weighted by Crippen LogP contribution is 2.38. The Morgan fingerprint density at radius 3 is 2.39 bits per heavy atom. The van der Waals surface area contributed by atoms with E-state index in [9.17, 15) is 4.79 Å². The molecule has 3 aromatic rings. The van der Waals surface area contributed by atoms with Gasteiger partial charge in [0.25, 0.3) is 5.91 Å². The molecule has 7 nitrogen and oxygen atoms in total. The molecule has 0 unspecified atom stereocenters. The van der Waals surface area contributed by atoms with Crippen molar-refractivity contribution >= 4 is 17.3 Å². The second-order valence-electron chi connectivity index (χ2n) is 8.54. The number of aromatic nitrogens is 3. The predicted molar refractivity (Wildman–Crippen MR) is 124 cm³/mol. The minimum absolute atomic E-state index is 0.181. The Hall–Kier alpha value is -3.19. The molecule has 0 saturated carbocycles. The van der Waals surface area contributed by atoms with Crippen LogP contribution in [0, 0.1) is 20.8 Å². The number of anilines is 2. The van der Waals surface area contributed by atoms with Gasteiger partial charge in [-0.05, 0) is 39.2 Å². The van der Waals surface area contributed by atoms with E-state index in [1.54, 1.807) is 17.1 Å². The molecule has 4 rings (SSSR count). The quantitative estimate of drug-likeness (QED) is 0.676. The molecule has 0 radical (unpaired) electrons. The fourth-order valence-corrected chi connectivity index (χ4v) is 4.36. The third-order valence-corrected chi connectivity index (χ3v) is 5.81. The van der Waals surface area contributed by atoms with E-state index in [-0.39, 0.29) is 11.9 Å². The van der Waals surface area contributed by atoms with Gasteiger partial charge >= 0.3 is 0 Å². The molecular formula is C24H30N6O. The Labute approximate surface area is 183 Å². The summed E-state index contributed by atoms with van der Waals surface area (Å²) in [5.74, 6) is -0.181. The van der Waals surface area contributed by atoms with Crippen LogP contribution < -0.4 is 16.0 Å². The Morgan fingerprint density at radius 2 is 1.77 bits per heavy atom. The van der Waals surface area contributed by atoms with E-state index in [1.807, 2.05) is 20.2 Å². The Kier molecular flexibility index (Phi) is 5.78. The zero-order valence-corrected chi connectivity index (χ0v) is 18.6. The lowest BCUT2D eigenvalue weighted by Crippen LogP contribution is -2.40. The lowest BCUT2D eigenvalue weighted by Gasteiger charge is -2.34. The number of nitrogens with two attached hydrogens (primary N) is 1. The van der Waals surface area contributed by atoms with Crippen LogP contribution >= 0.6 is 0 Å². The summed E-state index contributed by atoms with van der Waals surface area (Å²) in [5, 5.41) is 7.40. The minimum atomic E-state index is -0.181. The maximum atomic E-state index is 13.1. The molecule has 0 bridgehead atoms. The van der Waals surface area contributed by atoms with Crippen molar-refractivity contribution in [2.75, 3.05) is 23.3 Å². The fraction of sp³-hybridized carbons (Fsp3) is 0.375. The zero-order chi connectivity index (χ0) is 22.1. The van der Waals surface area contributed by atoms with Crippen LogP contribution in [0.15, 0.2) is 36.8 Å². The molecule has 2 aromatic heterocycles. The van der Waals surface area contributed by atoms with Crippen molar-refractivity contribution in [2.24, 2.45) is 12.8 Å². The van der Waals surface area contributed by atoms with Gasteiger partial charge in [-0.15, -0.1) is 0 Å². The third kappa shape index (κ3) is 4.46. The monoisotopic (exact) mass is 418 g/mol. The topological polar surface area (TPSA) is 89.1 Å². The number of nitrogens with zero attached hydrogens (tertiary/aromatic N) is 4. The minimum Gasteiger partial charge on any atom is -0.369 e. The largest absolute Gasteiger partial charge is 0.369 e. The molecule has 1 aliphatic rings. The lowest BCUT2D eigenvalue weighted by atomic mass is 9.98. The van der Waals surface area contributed by atoms with E-state index in [2.05, 4.69) is 52.3 Å². The number of hydrogen-bond donors (Lipinski definition) is 2. The molecule has 31 heavy (non-hydrogen) atoms. The maximum absolute atomic E-state index is 13.1. The number of aryl methyl sites for hydroxylation is 4. The second kappa shape index (κ2) is 8.51. The molecule has 1 amide bonds. The molecule has 3 heterocycles. The normalized spacial score (nSPS) is 14.7. The molecule has 7 heteroatoms. The van der Waals surface area contributed by atoms with Crippen LogP contribution in [0.5, 0.6) is 0 Å². The first-order valence-corrected chi connectivity index (χ1v) is 10.7. The Bertz CT molecular complexity index is 1090. The number of carbonyl (C=O) groups excluding carboxylic acids is 1. The molecular weight excluding hydrogens is 388 g/mol. The van der Waals surface area contributed by atoms with Gasteiger partial charge in [-0.2, -0.15) is 5.10 Å². The van der Waals surface area contributed by atoms with Crippen LogP contribution in [0.25, 0.3) is 11.1 Å². The van der Waals surface area contributed by atoms with Gasteiger partial charge in [-0.25, -0.2) is 0 Å². The number of carbonyl (C=O) groups is 1.